The molecular formula is C38H41ClF3N7O6. The van der Waals surface area contributed by atoms with Crippen molar-refractivity contribution in [3.8, 4) is 34.1 Å². The van der Waals surface area contributed by atoms with Gasteiger partial charge in [0.1, 0.15) is 11.8 Å². The van der Waals surface area contributed by atoms with Gasteiger partial charge in [-0.3, -0.25) is 14.5 Å². The highest BCUT2D eigenvalue weighted by Crippen LogP contribution is 2.44. The number of aliphatic hydroxyl groups is 1. The number of fused-ring (bicyclic) bond motifs is 1. The molecular weight excluding hydrogens is 743 g/mol. The summed E-state index contributed by atoms with van der Waals surface area (Å²) in [5.74, 6) is -1.57. The highest BCUT2D eigenvalue weighted by Gasteiger charge is 2.39. The predicted molar refractivity (Wildman–Crippen MR) is 198 cm³/mol. The zero-order valence-electron chi connectivity index (χ0n) is 30.3. The molecule has 13 nitrogen and oxygen atoms in total. The highest BCUT2D eigenvalue weighted by atomic mass is 35.5. The number of alkyl halides is 3. The van der Waals surface area contributed by atoms with E-state index in [2.05, 4.69) is 25.9 Å². The van der Waals surface area contributed by atoms with Crippen molar-refractivity contribution in [2.75, 3.05) is 39.7 Å². The Morgan fingerprint density at radius 1 is 1.04 bits per heavy atom. The number of halogens is 4. The zero-order valence-corrected chi connectivity index (χ0v) is 31.1. The second-order valence-corrected chi connectivity index (χ2v) is 13.9. The van der Waals surface area contributed by atoms with Crippen LogP contribution in [0.4, 0.5) is 19.0 Å². The number of anilines is 1. The van der Waals surface area contributed by atoms with E-state index in [0.717, 1.165) is 27.8 Å². The number of hydrogen-bond donors (Lipinski definition) is 5. The van der Waals surface area contributed by atoms with Crippen LogP contribution in [0, 0.1) is 0 Å². The van der Waals surface area contributed by atoms with Gasteiger partial charge in [0.25, 0.3) is 0 Å². The summed E-state index contributed by atoms with van der Waals surface area (Å²) in [5.41, 5.74) is 4.08. The van der Waals surface area contributed by atoms with Gasteiger partial charge in [-0.05, 0) is 42.6 Å². The number of aliphatic hydroxyl groups excluding tert-OH is 1. The summed E-state index contributed by atoms with van der Waals surface area (Å²) in [6.07, 6.45) is -4.65. The SMILES string of the molecule is COc1nc(-c2cccc(-c3cccc4c3CC[C@@H]4Nc3nc(OC)c(CN(C)CCC(=O)O)nc3C(F)(F)F)c2Cl)ccc1CNC[C@@H]1CC(O)C(=O)N1. The lowest BCUT2D eigenvalue weighted by atomic mass is 9.94. The number of methoxy groups -OCH3 is 2. The largest absolute Gasteiger partial charge is 0.481 e. The molecule has 2 aromatic heterocycles. The fourth-order valence-corrected chi connectivity index (χ4v) is 7.30. The van der Waals surface area contributed by atoms with Gasteiger partial charge in [-0.2, -0.15) is 18.2 Å². The van der Waals surface area contributed by atoms with Crippen molar-refractivity contribution in [1.29, 1.82) is 0 Å². The second kappa shape index (κ2) is 16.8. The fourth-order valence-electron chi connectivity index (χ4n) is 6.98. The molecule has 1 aliphatic carbocycles. The van der Waals surface area contributed by atoms with Crippen molar-refractivity contribution >= 4 is 29.3 Å². The highest BCUT2D eigenvalue weighted by molar-refractivity contribution is 6.36. The van der Waals surface area contributed by atoms with Gasteiger partial charge < -0.3 is 35.6 Å². The summed E-state index contributed by atoms with van der Waals surface area (Å²) in [5, 5.41) is 28.1. The molecule has 1 unspecified atom stereocenters. The third kappa shape index (κ3) is 8.93. The summed E-state index contributed by atoms with van der Waals surface area (Å²) in [4.78, 5) is 37.0. The van der Waals surface area contributed by atoms with E-state index in [1.807, 2.05) is 48.5 Å². The van der Waals surface area contributed by atoms with Crippen LogP contribution >= 0.6 is 11.6 Å². The summed E-state index contributed by atoms with van der Waals surface area (Å²) >= 11 is 7.10. The molecule has 0 spiro atoms. The predicted octanol–water partition coefficient (Wildman–Crippen LogP) is 5.24. The van der Waals surface area contributed by atoms with E-state index >= 15 is 0 Å². The third-order valence-electron chi connectivity index (χ3n) is 9.66. The van der Waals surface area contributed by atoms with E-state index in [-0.39, 0.29) is 43.0 Å². The van der Waals surface area contributed by atoms with Crippen LogP contribution in [0.5, 0.6) is 11.8 Å². The van der Waals surface area contributed by atoms with Gasteiger partial charge in [0.05, 0.1) is 37.4 Å². The number of carbonyl (C=O) groups is 2. The van der Waals surface area contributed by atoms with Crippen molar-refractivity contribution < 1.29 is 42.4 Å². The van der Waals surface area contributed by atoms with Crippen LogP contribution in [0.3, 0.4) is 0 Å². The molecule has 1 fully saturated rings. The quantitative estimate of drug-likeness (QED) is 0.106. The molecule has 1 saturated heterocycles. The maximum Gasteiger partial charge on any atom is 0.437 e. The molecule has 3 heterocycles. The van der Waals surface area contributed by atoms with Crippen LogP contribution in [0.1, 0.15) is 53.4 Å². The first-order valence-corrected chi connectivity index (χ1v) is 18.0. The summed E-state index contributed by atoms with van der Waals surface area (Å²) in [7, 11) is 4.40. The van der Waals surface area contributed by atoms with Crippen LogP contribution in [0.25, 0.3) is 22.4 Å². The van der Waals surface area contributed by atoms with E-state index in [0.29, 0.717) is 54.5 Å². The van der Waals surface area contributed by atoms with E-state index in [9.17, 15) is 27.9 Å². The van der Waals surface area contributed by atoms with Gasteiger partial charge in [0.15, 0.2) is 11.5 Å². The minimum absolute atomic E-state index is 0.0625. The van der Waals surface area contributed by atoms with Gasteiger partial charge in [-0.15, -0.1) is 0 Å². The summed E-state index contributed by atoms with van der Waals surface area (Å²) in [6, 6.07) is 14.3. The fraction of sp³-hybridized carbons (Fsp3) is 0.395. The van der Waals surface area contributed by atoms with Crippen molar-refractivity contribution in [3.63, 3.8) is 0 Å². The first kappa shape index (κ1) is 39.7. The Labute approximate surface area is 320 Å². The van der Waals surface area contributed by atoms with Crippen LogP contribution in [0.15, 0.2) is 48.5 Å². The Balaban J connectivity index is 1.23. The van der Waals surface area contributed by atoms with Crippen LogP contribution in [-0.2, 0) is 35.3 Å². The molecule has 2 aliphatic rings. The number of aromatic nitrogens is 3. The molecule has 3 atom stereocenters. The van der Waals surface area contributed by atoms with E-state index in [1.54, 1.807) is 7.05 Å². The molecule has 0 saturated carbocycles. The minimum atomic E-state index is -4.84. The van der Waals surface area contributed by atoms with Crippen LogP contribution < -0.4 is 25.4 Å². The number of ether oxygens (including phenoxy) is 2. The number of pyridine rings is 1. The van der Waals surface area contributed by atoms with Crippen molar-refractivity contribution in [1.82, 2.24) is 30.5 Å². The first-order chi connectivity index (χ1) is 26.3. The first-order valence-electron chi connectivity index (χ1n) is 17.6. The van der Waals surface area contributed by atoms with Gasteiger partial charge in [-0.25, -0.2) is 9.97 Å². The Hall–Kier alpha value is -5.03. The molecule has 5 N–H and O–H groups in total. The second-order valence-electron chi connectivity index (χ2n) is 13.5. The molecule has 17 heteroatoms. The van der Waals surface area contributed by atoms with Crippen LogP contribution in [0.2, 0.25) is 5.02 Å². The van der Waals surface area contributed by atoms with E-state index < -0.39 is 35.8 Å². The molecule has 292 valence electrons. The zero-order chi connectivity index (χ0) is 39.4. The van der Waals surface area contributed by atoms with E-state index in [4.69, 9.17) is 31.2 Å². The molecule has 0 radical (unpaired) electrons. The third-order valence-corrected chi connectivity index (χ3v) is 10.1. The van der Waals surface area contributed by atoms with Gasteiger partial charge in [-0.1, -0.05) is 54.1 Å². The molecule has 0 bridgehead atoms. The number of benzene rings is 2. The van der Waals surface area contributed by atoms with Crippen molar-refractivity contribution in [2.45, 2.75) is 63.1 Å². The minimum Gasteiger partial charge on any atom is -0.481 e. The molecule has 2 aromatic carbocycles. The summed E-state index contributed by atoms with van der Waals surface area (Å²) < 4.78 is 54.2. The van der Waals surface area contributed by atoms with Gasteiger partial charge in [0.2, 0.25) is 17.7 Å². The Kier molecular flexibility index (Phi) is 12.1. The van der Waals surface area contributed by atoms with Gasteiger partial charge in [0, 0.05) is 55.3 Å². The number of amides is 1. The van der Waals surface area contributed by atoms with Gasteiger partial charge >= 0.3 is 12.1 Å². The number of carboxylic acid groups (broad SMARTS) is 1. The lowest BCUT2D eigenvalue weighted by Crippen LogP contribution is -2.35. The number of rotatable bonds is 15. The Morgan fingerprint density at radius 2 is 1.76 bits per heavy atom. The number of carbonyl (C=O) groups excluding carboxylic acids is 1. The number of hydrogen-bond acceptors (Lipinski definition) is 11. The number of carboxylic acids is 1. The molecule has 55 heavy (non-hydrogen) atoms. The van der Waals surface area contributed by atoms with Crippen molar-refractivity contribution in [3.05, 3.63) is 81.6 Å². The van der Waals surface area contributed by atoms with E-state index in [1.165, 1.54) is 19.1 Å². The normalized spacial score (nSPS) is 18.0. The number of nitrogens with zero attached hydrogens (tertiary/aromatic N) is 4. The topological polar surface area (TPSA) is 171 Å². The molecule has 1 aliphatic heterocycles. The molecule has 4 aromatic rings. The number of aliphatic carboxylic acids is 1. The Morgan fingerprint density at radius 3 is 2.45 bits per heavy atom. The number of nitrogens with one attached hydrogen (secondary N) is 3. The maximum atomic E-state index is 14.4. The lowest BCUT2D eigenvalue weighted by Gasteiger charge is -2.22. The summed E-state index contributed by atoms with van der Waals surface area (Å²) in [6.45, 7) is 0.881. The lowest BCUT2D eigenvalue weighted by molar-refractivity contribution is -0.141. The smallest absolute Gasteiger partial charge is 0.437 e. The van der Waals surface area contributed by atoms with Crippen molar-refractivity contribution in [2.24, 2.45) is 0 Å². The standard InChI is InChI=1S/C38H41ClF3N7O6/c1-49(15-14-31(51)52)19-29-37(55-3)48-34(33(45-29)38(40,41)42)46-27-13-11-23-22(6-4-7-24(23)27)25-8-5-9-26(32(25)39)28-12-10-20(36(47-28)54-2)17-43-18-21-16-30(50)35(53)44-21/h4-10,12,21,27,30,43,50H,11,13-19H2,1-3H3,(H,44,53)(H,46,48)(H,51,52)/t21-,27-,30?/m0/s1. The monoisotopic (exact) mass is 783 g/mol. The molecule has 6 rings (SSSR count). The average Bonchev–Trinajstić information content (AvgIpc) is 3.71. The maximum absolute atomic E-state index is 14.4. The van der Waals surface area contributed by atoms with Crippen LogP contribution in [-0.4, -0.2) is 88.4 Å². The Bertz CT molecular complexity index is 2070. The molecule has 1 amide bonds. The average molecular weight is 784 g/mol.